The molecule has 0 radical (unpaired) electrons. The highest BCUT2D eigenvalue weighted by Gasteiger charge is 2.70. The van der Waals surface area contributed by atoms with E-state index in [-0.39, 0.29) is 30.4 Å². The van der Waals surface area contributed by atoms with Crippen LogP contribution in [0, 0.1) is 23.7 Å². The highest BCUT2D eigenvalue weighted by molar-refractivity contribution is 6.32. The first kappa shape index (κ1) is 34.3. The Labute approximate surface area is 317 Å². The third-order valence-electron chi connectivity index (χ3n) is 12.2. The first-order chi connectivity index (χ1) is 26.2. The van der Waals surface area contributed by atoms with Gasteiger partial charge in [-0.2, -0.15) is 0 Å². The van der Waals surface area contributed by atoms with Crippen molar-refractivity contribution in [3.8, 4) is 11.5 Å². The number of amides is 4. The monoisotopic (exact) mass is 743 g/mol. The third kappa shape index (κ3) is 5.03. The van der Waals surface area contributed by atoms with Crippen LogP contribution in [0.5, 0.6) is 11.5 Å². The van der Waals surface area contributed by atoms with Crippen LogP contribution in [0.25, 0.3) is 0 Å². The molecular formula is C43H38ClN3O7. The molecule has 0 unspecified atom stereocenters. The number of phenolic OH excluding ortho intramolecular Hbond substituents is 1. The molecule has 9 rings (SSSR count). The summed E-state index contributed by atoms with van der Waals surface area (Å²) in [5.41, 5.74) is 2.44. The van der Waals surface area contributed by atoms with Crippen molar-refractivity contribution >= 4 is 52.3 Å². The van der Waals surface area contributed by atoms with Gasteiger partial charge in [0.1, 0.15) is 11.5 Å². The molecule has 4 fully saturated rings. The van der Waals surface area contributed by atoms with E-state index in [1.165, 1.54) is 23.0 Å². The molecule has 0 bridgehead atoms. The van der Waals surface area contributed by atoms with E-state index in [1.807, 2.05) is 60.7 Å². The number of ether oxygens (including phenoxy) is 2. The van der Waals surface area contributed by atoms with Crippen LogP contribution in [0.15, 0.2) is 109 Å². The lowest BCUT2D eigenvalue weighted by Crippen LogP contribution is -2.53. The van der Waals surface area contributed by atoms with Crippen LogP contribution in [0.3, 0.4) is 0 Å². The molecule has 3 heterocycles. The molecule has 6 atom stereocenters. The molecule has 10 nitrogen and oxygen atoms in total. The van der Waals surface area contributed by atoms with E-state index in [1.54, 1.807) is 36.4 Å². The Morgan fingerprint density at radius 1 is 0.778 bits per heavy atom. The van der Waals surface area contributed by atoms with Crippen LogP contribution in [0.1, 0.15) is 29.9 Å². The lowest BCUT2D eigenvalue weighted by atomic mass is 9.49. The Bertz CT molecular complexity index is 2220. The van der Waals surface area contributed by atoms with Crippen LogP contribution in [-0.2, 0) is 29.3 Å². The topological polar surface area (TPSA) is 117 Å². The number of fused-ring (bicyclic) bond motifs is 4. The summed E-state index contributed by atoms with van der Waals surface area (Å²) in [6.45, 7) is 2.80. The number of morpholine rings is 1. The summed E-state index contributed by atoms with van der Waals surface area (Å²) in [5.74, 6) is -4.70. The fourth-order valence-electron chi connectivity index (χ4n) is 9.92. The largest absolute Gasteiger partial charge is 0.508 e. The van der Waals surface area contributed by atoms with Crippen molar-refractivity contribution in [2.45, 2.75) is 24.2 Å². The molecule has 4 aromatic carbocycles. The summed E-state index contributed by atoms with van der Waals surface area (Å²) in [7, 11) is 1.50. The van der Waals surface area contributed by atoms with Crippen molar-refractivity contribution in [2.75, 3.05) is 48.1 Å². The van der Waals surface area contributed by atoms with Crippen molar-refractivity contribution < 1.29 is 33.8 Å². The minimum Gasteiger partial charge on any atom is -0.508 e. The third-order valence-corrected chi connectivity index (χ3v) is 12.4. The summed E-state index contributed by atoms with van der Waals surface area (Å²) < 4.78 is 11.4. The molecule has 11 heteroatoms. The number of imide groups is 2. The van der Waals surface area contributed by atoms with Gasteiger partial charge in [-0.3, -0.25) is 24.1 Å². The van der Waals surface area contributed by atoms with Gasteiger partial charge in [0.25, 0.3) is 0 Å². The fourth-order valence-corrected chi connectivity index (χ4v) is 10.1. The average Bonchev–Trinajstić information content (AvgIpc) is 3.59. The number of benzene rings is 4. The maximum atomic E-state index is 15.4. The first-order valence-corrected chi connectivity index (χ1v) is 18.7. The standard InChI is InChI=1S/C43H38ClN3O7/c1-53-36-23-30(48)14-15-32(36)38-31-16-17-33-37(41(51)46(39(33)49)28-12-10-27(11-13-28)45-18-20-54-21-19-45)34(31)24-35-40(50)47(29-9-5-8-26(44)22-29)42(52)43(35,38)25-6-3-2-4-7-25/h2-16,22-23,33-35,37-38,48H,17-21,24H2,1H3/t33-,34+,35-,37-,38+,43+/m0/s1. The summed E-state index contributed by atoms with van der Waals surface area (Å²) in [6.07, 6.45) is 2.47. The predicted molar refractivity (Wildman–Crippen MR) is 203 cm³/mol. The molecule has 2 aliphatic carbocycles. The normalized spacial score (nSPS) is 27.8. The Hall–Kier alpha value is -5.45. The minimum atomic E-state index is -1.46. The second-order valence-corrected chi connectivity index (χ2v) is 15.1. The van der Waals surface area contributed by atoms with Crippen LogP contribution >= 0.6 is 11.6 Å². The molecule has 4 amide bonds. The lowest BCUT2D eigenvalue weighted by molar-refractivity contribution is -0.127. The van der Waals surface area contributed by atoms with E-state index in [9.17, 15) is 19.5 Å². The Kier molecular flexibility index (Phi) is 8.35. The number of hydrogen-bond donors (Lipinski definition) is 1. The molecule has 1 saturated carbocycles. The van der Waals surface area contributed by atoms with Crippen molar-refractivity contribution in [3.05, 3.63) is 125 Å². The van der Waals surface area contributed by atoms with Gasteiger partial charge in [-0.15, -0.1) is 0 Å². The van der Waals surface area contributed by atoms with E-state index in [2.05, 4.69) is 4.90 Å². The summed E-state index contributed by atoms with van der Waals surface area (Å²) in [6, 6.07) is 28.3. The van der Waals surface area contributed by atoms with E-state index in [0.717, 1.165) is 24.4 Å². The summed E-state index contributed by atoms with van der Waals surface area (Å²) in [5, 5.41) is 10.9. The molecule has 54 heavy (non-hydrogen) atoms. The molecular weight excluding hydrogens is 706 g/mol. The van der Waals surface area contributed by atoms with Gasteiger partial charge in [0.05, 0.1) is 54.9 Å². The Balaban J connectivity index is 1.19. The van der Waals surface area contributed by atoms with Gasteiger partial charge in [-0.1, -0.05) is 65.7 Å². The van der Waals surface area contributed by atoms with Gasteiger partial charge in [0.15, 0.2) is 0 Å². The number of hydrogen-bond acceptors (Lipinski definition) is 8. The first-order valence-electron chi connectivity index (χ1n) is 18.3. The molecule has 3 saturated heterocycles. The number of methoxy groups -OCH3 is 1. The van der Waals surface area contributed by atoms with Gasteiger partial charge in [-0.25, -0.2) is 4.90 Å². The van der Waals surface area contributed by atoms with Gasteiger partial charge in [-0.05, 0) is 72.9 Å². The SMILES string of the molecule is COc1cc(O)ccc1[C@H]1C2=CC[C@@H]3C(=O)N(c4ccc(N5CCOCC5)cc4)C(=O)[C@@H]3[C@@H]2C[C@H]2C(=O)N(c3cccc(Cl)c3)C(=O)[C@@]12c1ccccc1. The van der Waals surface area contributed by atoms with Crippen LogP contribution in [0.4, 0.5) is 17.1 Å². The number of nitrogens with zero attached hydrogens (tertiary/aromatic N) is 3. The highest BCUT2D eigenvalue weighted by Crippen LogP contribution is 2.65. The van der Waals surface area contributed by atoms with Crippen LogP contribution in [-0.4, -0.2) is 62.1 Å². The maximum Gasteiger partial charge on any atom is 0.246 e. The van der Waals surface area contributed by atoms with E-state index in [0.29, 0.717) is 46.5 Å². The van der Waals surface area contributed by atoms with Crippen LogP contribution in [0.2, 0.25) is 5.02 Å². The molecule has 1 N–H and O–H groups in total. The molecule has 274 valence electrons. The predicted octanol–water partition coefficient (Wildman–Crippen LogP) is 6.26. The molecule has 0 spiro atoms. The molecule has 3 aliphatic heterocycles. The number of carbonyl (C=O) groups excluding carboxylic acids is 4. The van der Waals surface area contributed by atoms with Gasteiger partial charge >= 0.3 is 0 Å². The Morgan fingerprint density at radius 3 is 2.24 bits per heavy atom. The second kappa shape index (κ2) is 13.1. The van der Waals surface area contributed by atoms with E-state index < -0.39 is 46.8 Å². The molecule has 4 aromatic rings. The Morgan fingerprint density at radius 2 is 1.52 bits per heavy atom. The zero-order valence-corrected chi connectivity index (χ0v) is 30.3. The number of phenols is 1. The molecule has 0 aromatic heterocycles. The van der Waals surface area contributed by atoms with Crippen molar-refractivity contribution in [1.82, 2.24) is 0 Å². The number of anilines is 3. The zero-order chi connectivity index (χ0) is 37.3. The van der Waals surface area contributed by atoms with Crippen LogP contribution < -0.4 is 19.4 Å². The number of halogens is 1. The summed E-state index contributed by atoms with van der Waals surface area (Å²) >= 11 is 6.42. The number of carbonyl (C=O) groups is 4. The van der Waals surface area contributed by atoms with Crippen molar-refractivity contribution in [1.29, 1.82) is 0 Å². The van der Waals surface area contributed by atoms with Gasteiger partial charge in [0.2, 0.25) is 23.6 Å². The molecule has 5 aliphatic rings. The van der Waals surface area contributed by atoms with E-state index >= 15 is 4.79 Å². The number of allylic oxidation sites excluding steroid dienone is 2. The van der Waals surface area contributed by atoms with Crippen molar-refractivity contribution in [3.63, 3.8) is 0 Å². The van der Waals surface area contributed by atoms with Crippen molar-refractivity contribution in [2.24, 2.45) is 23.7 Å². The number of aromatic hydroxyl groups is 1. The fraction of sp³-hybridized carbons (Fsp3) is 0.302. The minimum absolute atomic E-state index is 0.0211. The lowest BCUT2D eigenvalue weighted by Gasteiger charge is -2.51. The second-order valence-electron chi connectivity index (χ2n) is 14.6. The average molecular weight is 744 g/mol. The van der Waals surface area contributed by atoms with Gasteiger partial charge < -0.3 is 19.5 Å². The summed E-state index contributed by atoms with van der Waals surface area (Å²) in [4.78, 5) is 64.2. The number of rotatable bonds is 6. The maximum absolute atomic E-state index is 15.4. The zero-order valence-electron chi connectivity index (χ0n) is 29.6. The quantitative estimate of drug-likeness (QED) is 0.182. The smallest absolute Gasteiger partial charge is 0.246 e. The van der Waals surface area contributed by atoms with E-state index in [4.69, 9.17) is 21.1 Å². The highest BCUT2D eigenvalue weighted by atomic mass is 35.5. The van der Waals surface area contributed by atoms with Gasteiger partial charge in [0, 0.05) is 41.3 Å².